The number of hydrogen-bond donors (Lipinski definition) is 1. The summed E-state index contributed by atoms with van der Waals surface area (Å²) in [5.41, 5.74) is 1.38. The Kier molecular flexibility index (Phi) is 6.41. The predicted molar refractivity (Wildman–Crippen MR) is 124 cm³/mol. The maximum atomic E-state index is 13.3. The van der Waals surface area contributed by atoms with Crippen molar-refractivity contribution in [2.24, 2.45) is 0 Å². The van der Waals surface area contributed by atoms with E-state index < -0.39 is 9.84 Å². The summed E-state index contributed by atoms with van der Waals surface area (Å²) >= 11 is 12.2. The molecule has 4 aromatic rings. The van der Waals surface area contributed by atoms with Crippen LogP contribution in [0.1, 0.15) is 5.56 Å². The zero-order valence-corrected chi connectivity index (χ0v) is 19.2. The number of nitrogens with zero attached hydrogens (tertiary/aromatic N) is 1. The van der Waals surface area contributed by atoms with E-state index in [-0.39, 0.29) is 21.7 Å². The fourth-order valence-corrected chi connectivity index (χ4v) is 4.62. The van der Waals surface area contributed by atoms with Crippen molar-refractivity contribution in [3.05, 3.63) is 88.4 Å². The Balaban J connectivity index is 1.74. The van der Waals surface area contributed by atoms with E-state index in [4.69, 9.17) is 32.4 Å². The molecule has 0 amide bonds. The first-order valence-corrected chi connectivity index (χ1v) is 11.8. The van der Waals surface area contributed by atoms with Crippen molar-refractivity contribution in [2.75, 3.05) is 12.4 Å². The van der Waals surface area contributed by atoms with Crippen LogP contribution in [0.15, 0.2) is 87.1 Å². The number of anilines is 1. The fraction of sp³-hybridized carbons (Fsp3) is 0.0870. The molecule has 3 aromatic carbocycles. The Morgan fingerprint density at radius 2 is 1.66 bits per heavy atom. The summed E-state index contributed by atoms with van der Waals surface area (Å²) in [5, 5.41) is 3.64. The van der Waals surface area contributed by atoms with Crippen LogP contribution in [-0.2, 0) is 16.4 Å². The Hall–Kier alpha value is -3.00. The maximum Gasteiger partial charge on any atom is 0.234 e. The van der Waals surface area contributed by atoms with Crippen LogP contribution in [0, 0.1) is 0 Å². The topological polar surface area (TPSA) is 81.4 Å². The molecule has 0 spiro atoms. The molecule has 0 fully saturated rings. The van der Waals surface area contributed by atoms with E-state index in [0.29, 0.717) is 22.2 Å². The predicted octanol–water partition coefficient (Wildman–Crippen LogP) is 6.10. The van der Waals surface area contributed by atoms with Crippen LogP contribution < -0.4 is 10.1 Å². The highest BCUT2D eigenvalue weighted by Crippen LogP contribution is 2.35. The van der Waals surface area contributed by atoms with Crippen molar-refractivity contribution in [1.82, 2.24) is 4.98 Å². The summed E-state index contributed by atoms with van der Waals surface area (Å²) in [4.78, 5) is 4.35. The van der Waals surface area contributed by atoms with E-state index in [1.54, 1.807) is 31.4 Å². The molecule has 0 aliphatic carbocycles. The van der Waals surface area contributed by atoms with Crippen molar-refractivity contribution >= 4 is 38.9 Å². The van der Waals surface area contributed by atoms with Gasteiger partial charge in [-0.25, -0.2) is 8.42 Å². The second kappa shape index (κ2) is 9.24. The SMILES string of the molecule is COc1ccc(CNc2oc(-c3ccccc3Cl)nc2S(=O)(=O)c2ccc(Cl)cc2)cc1. The molecule has 164 valence electrons. The number of benzene rings is 3. The van der Waals surface area contributed by atoms with Crippen molar-refractivity contribution in [3.63, 3.8) is 0 Å². The monoisotopic (exact) mass is 488 g/mol. The van der Waals surface area contributed by atoms with Gasteiger partial charge in [-0.15, -0.1) is 0 Å². The molecule has 0 aliphatic rings. The van der Waals surface area contributed by atoms with Gasteiger partial charge in [0.25, 0.3) is 0 Å². The number of methoxy groups -OCH3 is 1. The molecule has 1 N–H and O–H groups in total. The van der Waals surface area contributed by atoms with Crippen LogP contribution in [0.3, 0.4) is 0 Å². The Labute approximate surface area is 195 Å². The highest BCUT2D eigenvalue weighted by molar-refractivity contribution is 7.91. The first-order chi connectivity index (χ1) is 15.4. The van der Waals surface area contributed by atoms with Gasteiger partial charge in [-0.2, -0.15) is 4.98 Å². The largest absolute Gasteiger partial charge is 0.497 e. The summed E-state index contributed by atoms with van der Waals surface area (Å²) in [7, 11) is -2.40. The van der Waals surface area contributed by atoms with Gasteiger partial charge in [-0.1, -0.05) is 47.5 Å². The van der Waals surface area contributed by atoms with Crippen LogP contribution in [0.25, 0.3) is 11.5 Å². The van der Waals surface area contributed by atoms with Crippen LogP contribution in [0.5, 0.6) is 5.75 Å². The maximum absolute atomic E-state index is 13.3. The molecular weight excluding hydrogens is 471 g/mol. The Bertz CT molecular complexity index is 1340. The molecule has 0 unspecified atom stereocenters. The molecule has 6 nitrogen and oxygen atoms in total. The van der Waals surface area contributed by atoms with Gasteiger partial charge in [0.1, 0.15) is 5.75 Å². The number of oxazole rings is 1. The van der Waals surface area contributed by atoms with Crippen LogP contribution in [0.2, 0.25) is 10.0 Å². The lowest BCUT2D eigenvalue weighted by atomic mass is 10.2. The van der Waals surface area contributed by atoms with Crippen molar-refractivity contribution < 1.29 is 17.6 Å². The number of nitrogens with one attached hydrogen (secondary N) is 1. The molecule has 0 saturated carbocycles. The number of rotatable bonds is 7. The van der Waals surface area contributed by atoms with E-state index in [0.717, 1.165) is 11.3 Å². The molecule has 0 aliphatic heterocycles. The van der Waals surface area contributed by atoms with E-state index in [1.807, 2.05) is 24.3 Å². The molecule has 32 heavy (non-hydrogen) atoms. The average molecular weight is 489 g/mol. The third kappa shape index (κ3) is 4.60. The summed E-state index contributed by atoms with van der Waals surface area (Å²) in [6, 6.07) is 20.2. The Morgan fingerprint density at radius 3 is 2.31 bits per heavy atom. The highest BCUT2D eigenvalue weighted by Gasteiger charge is 2.29. The molecular formula is C23H18Cl2N2O4S. The number of halogens is 2. The van der Waals surface area contributed by atoms with Crippen LogP contribution in [-0.4, -0.2) is 20.5 Å². The lowest BCUT2D eigenvalue weighted by Crippen LogP contribution is -2.07. The van der Waals surface area contributed by atoms with Crippen molar-refractivity contribution in [3.8, 4) is 17.2 Å². The molecule has 0 radical (unpaired) electrons. The summed E-state index contributed by atoms with van der Waals surface area (Å²) < 4.78 is 37.7. The molecule has 4 rings (SSSR count). The van der Waals surface area contributed by atoms with E-state index >= 15 is 0 Å². The third-order valence-corrected chi connectivity index (χ3v) is 6.95. The third-order valence-electron chi connectivity index (χ3n) is 4.69. The van der Waals surface area contributed by atoms with Gasteiger partial charge in [0, 0.05) is 11.6 Å². The number of sulfone groups is 1. The second-order valence-electron chi connectivity index (χ2n) is 6.79. The van der Waals surface area contributed by atoms with Crippen molar-refractivity contribution in [2.45, 2.75) is 16.5 Å². The van der Waals surface area contributed by atoms with Gasteiger partial charge in [0.15, 0.2) is 0 Å². The zero-order valence-electron chi connectivity index (χ0n) is 16.9. The molecule has 9 heteroatoms. The van der Waals surface area contributed by atoms with Gasteiger partial charge in [0.05, 0.1) is 22.6 Å². The van der Waals surface area contributed by atoms with Gasteiger partial charge >= 0.3 is 0 Å². The van der Waals surface area contributed by atoms with Gasteiger partial charge in [-0.05, 0) is 54.1 Å². The fourth-order valence-electron chi connectivity index (χ4n) is 3.00. The zero-order chi connectivity index (χ0) is 22.7. The molecule has 0 atom stereocenters. The highest BCUT2D eigenvalue weighted by atomic mass is 35.5. The molecule has 1 heterocycles. The van der Waals surface area contributed by atoms with Gasteiger partial charge in [-0.3, -0.25) is 0 Å². The van der Waals surface area contributed by atoms with E-state index in [2.05, 4.69) is 10.3 Å². The first kappa shape index (κ1) is 22.2. The summed E-state index contributed by atoms with van der Waals surface area (Å²) in [5.74, 6) is 0.839. The van der Waals surface area contributed by atoms with Crippen LogP contribution in [0.4, 0.5) is 5.88 Å². The number of ether oxygens (including phenoxy) is 1. The molecule has 0 saturated heterocycles. The van der Waals surface area contributed by atoms with Gasteiger partial charge < -0.3 is 14.5 Å². The molecule has 1 aromatic heterocycles. The smallest absolute Gasteiger partial charge is 0.234 e. The summed E-state index contributed by atoms with van der Waals surface area (Å²) in [6.07, 6.45) is 0. The van der Waals surface area contributed by atoms with Gasteiger partial charge in [0.2, 0.25) is 26.6 Å². The standard InChI is InChI=1S/C23H18Cl2N2O4S/c1-30-17-10-6-15(7-11-17)14-26-22-23(32(28,29)18-12-8-16(24)9-13-18)27-21(31-22)19-4-2-3-5-20(19)25/h2-13,26H,14H2,1H3. The summed E-state index contributed by atoms with van der Waals surface area (Å²) in [6.45, 7) is 0.310. The quantitative estimate of drug-likeness (QED) is 0.338. The lowest BCUT2D eigenvalue weighted by Gasteiger charge is -2.07. The minimum Gasteiger partial charge on any atom is -0.497 e. The number of hydrogen-bond acceptors (Lipinski definition) is 6. The van der Waals surface area contributed by atoms with E-state index in [1.165, 1.54) is 24.3 Å². The molecule has 0 bridgehead atoms. The van der Waals surface area contributed by atoms with Crippen molar-refractivity contribution in [1.29, 1.82) is 0 Å². The average Bonchev–Trinajstić information content (AvgIpc) is 3.23. The van der Waals surface area contributed by atoms with Crippen LogP contribution >= 0.6 is 23.2 Å². The lowest BCUT2D eigenvalue weighted by molar-refractivity contribution is 0.414. The normalized spacial score (nSPS) is 11.3. The number of aromatic nitrogens is 1. The minimum absolute atomic E-state index is 0.0192. The first-order valence-electron chi connectivity index (χ1n) is 9.51. The Morgan fingerprint density at radius 1 is 0.969 bits per heavy atom. The minimum atomic E-state index is -3.99. The van der Waals surface area contributed by atoms with E-state index in [9.17, 15) is 8.42 Å². The second-order valence-corrected chi connectivity index (χ2v) is 9.50.